The third-order valence-electron chi connectivity index (χ3n) is 2.92. The summed E-state index contributed by atoms with van der Waals surface area (Å²) in [5.41, 5.74) is -0.898. The summed E-state index contributed by atoms with van der Waals surface area (Å²) in [5.74, 6) is -1.78. The van der Waals surface area contributed by atoms with Crippen molar-refractivity contribution in [2.24, 2.45) is 0 Å². The molecule has 3 N–H and O–H groups in total. The summed E-state index contributed by atoms with van der Waals surface area (Å²) in [4.78, 5) is 0. The van der Waals surface area contributed by atoms with Gasteiger partial charge in [-0.15, -0.1) is 0 Å². The Bertz CT molecular complexity index is 425. The number of aromatic hydroxyl groups is 2. The van der Waals surface area contributed by atoms with Gasteiger partial charge in [0, 0.05) is 11.6 Å². The van der Waals surface area contributed by atoms with Crippen LogP contribution in [0.4, 0.5) is 13.2 Å². The first-order valence-electron chi connectivity index (χ1n) is 5.26. The van der Waals surface area contributed by atoms with E-state index in [9.17, 15) is 23.4 Å². The molecule has 0 bridgehead atoms. The smallest absolute Gasteiger partial charge is 0.420 e. The highest BCUT2D eigenvalue weighted by molar-refractivity contribution is 5.52. The Morgan fingerprint density at radius 3 is 2.41 bits per heavy atom. The summed E-state index contributed by atoms with van der Waals surface area (Å²) >= 11 is 0. The average molecular weight is 247 g/mol. The topological polar surface area (TPSA) is 52.5 Å². The van der Waals surface area contributed by atoms with Crippen molar-refractivity contribution in [1.29, 1.82) is 0 Å². The van der Waals surface area contributed by atoms with E-state index in [1.54, 1.807) is 0 Å². The fourth-order valence-electron chi connectivity index (χ4n) is 2.06. The van der Waals surface area contributed by atoms with E-state index in [4.69, 9.17) is 0 Å². The van der Waals surface area contributed by atoms with E-state index in [2.05, 4.69) is 5.32 Å². The molecule has 1 fully saturated rings. The van der Waals surface area contributed by atoms with Gasteiger partial charge < -0.3 is 15.5 Å². The van der Waals surface area contributed by atoms with Crippen LogP contribution in [0.15, 0.2) is 12.1 Å². The molecule has 0 aromatic heterocycles. The van der Waals surface area contributed by atoms with Crippen molar-refractivity contribution in [3.05, 3.63) is 23.3 Å². The van der Waals surface area contributed by atoms with Crippen LogP contribution in [-0.2, 0) is 6.18 Å². The monoisotopic (exact) mass is 247 g/mol. The fraction of sp³-hybridized carbons (Fsp3) is 0.455. The van der Waals surface area contributed by atoms with Crippen molar-refractivity contribution in [1.82, 2.24) is 5.32 Å². The van der Waals surface area contributed by atoms with E-state index >= 15 is 0 Å². The fourth-order valence-corrected chi connectivity index (χ4v) is 2.06. The molecule has 0 aliphatic carbocycles. The van der Waals surface area contributed by atoms with Crippen molar-refractivity contribution < 1.29 is 23.4 Å². The highest BCUT2D eigenvalue weighted by Crippen LogP contribution is 2.44. The van der Waals surface area contributed by atoms with Crippen LogP contribution in [0.5, 0.6) is 11.5 Å². The molecule has 0 amide bonds. The average Bonchev–Trinajstić information content (AvgIpc) is 2.73. The van der Waals surface area contributed by atoms with E-state index in [-0.39, 0.29) is 6.04 Å². The van der Waals surface area contributed by atoms with Crippen LogP contribution >= 0.6 is 0 Å². The molecule has 94 valence electrons. The Kier molecular flexibility index (Phi) is 2.91. The van der Waals surface area contributed by atoms with Crippen LogP contribution in [-0.4, -0.2) is 16.8 Å². The summed E-state index contributed by atoms with van der Waals surface area (Å²) in [6, 6.07) is 1.81. The first-order chi connectivity index (χ1) is 7.91. The van der Waals surface area contributed by atoms with Gasteiger partial charge in [-0.2, -0.15) is 13.2 Å². The second kappa shape index (κ2) is 4.10. The highest BCUT2D eigenvalue weighted by atomic mass is 19.4. The Hall–Kier alpha value is -1.43. The number of hydrogen-bond donors (Lipinski definition) is 3. The predicted octanol–water partition coefficient (Wildman–Crippen LogP) is 2.54. The first-order valence-corrected chi connectivity index (χ1v) is 5.26. The van der Waals surface area contributed by atoms with Crippen LogP contribution in [0.3, 0.4) is 0 Å². The zero-order valence-electron chi connectivity index (χ0n) is 8.88. The normalized spacial score (nSPS) is 20.8. The lowest BCUT2D eigenvalue weighted by Gasteiger charge is -2.16. The minimum atomic E-state index is -4.66. The molecular weight excluding hydrogens is 235 g/mol. The molecular formula is C11H12F3NO2. The van der Waals surface area contributed by atoms with Gasteiger partial charge in [-0.1, -0.05) is 6.07 Å². The predicted molar refractivity (Wildman–Crippen MR) is 54.8 cm³/mol. The number of phenolic OH excluding ortho intramolecular Hbond substituents is 2. The van der Waals surface area contributed by atoms with Crippen LogP contribution < -0.4 is 5.32 Å². The third-order valence-corrected chi connectivity index (χ3v) is 2.92. The van der Waals surface area contributed by atoms with Crippen LogP contribution in [0.2, 0.25) is 0 Å². The molecule has 17 heavy (non-hydrogen) atoms. The summed E-state index contributed by atoms with van der Waals surface area (Å²) < 4.78 is 37.4. The molecule has 0 radical (unpaired) electrons. The molecule has 0 saturated carbocycles. The maximum absolute atomic E-state index is 12.5. The maximum Gasteiger partial charge on any atom is 0.420 e. The molecule has 1 aromatic carbocycles. The molecule has 1 aromatic rings. The van der Waals surface area contributed by atoms with Gasteiger partial charge in [0.05, 0.1) is 0 Å². The Labute approximate surface area is 95.9 Å². The highest BCUT2D eigenvalue weighted by Gasteiger charge is 2.36. The minimum Gasteiger partial charge on any atom is -0.504 e. The van der Waals surface area contributed by atoms with Gasteiger partial charge in [-0.25, -0.2) is 0 Å². The molecule has 0 spiro atoms. The van der Waals surface area contributed by atoms with E-state index in [0.717, 1.165) is 25.5 Å². The van der Waals surface area contributed by atoms with Crippen LogP contribution in [0, 0.1) is 0 Å². The van der Waals surface area contributed by atoms with Gasteiger partial charge in [-0.3, -0.25) is 0 Å². The molecule has 1 atom stereocenters. The zero-order valence-corrected chi connectivity index (χ0v) is 8.88. The van der Waals surface area contributed by atoms with Gasteiger partial charge in [0.2, 0.25) is 0 Å². The van der Waals surface area contributed by atoms with Gasteiger partial charge in [0.15, 0.2) is 11.5 Å². The number of rotatable bonds is 1. The number of nitrogens with one attached hydrogen (secondary N) is 1. The first kappa shape index (κ1) is 12.0. The molecule has 1 heterocycles. The van der Waals surface area contributed by atoms with Crippen LogP contribution in [0.1, 0.15) is 30.0 Å². The molecule has 1 aliphatic rings. The summed E-state index contributed by atoms with van der Waals surface area (Å²) in [6.07, 6.45) is -3.03. The number of benzene rings is 1. The van der Waals surface area contributed by atoms with Crippen LogP contribution in [0.25, 0.3) is 0 Å². The van der Waals surface area contributed by atoms with E-state index in [1.807, 2.05) is 0 Å². The standard InChI is InChI=1S/C11H12F3NO2/c12-11(13,14)7-4-3-6(9(16)10(7)17)8-2-1-5-15-8/h3-4,8,15-17H,1-2,5H2. The molecule has 3 nitrogen and oxygen atoms in total. The molecule has 1 aliphatic heterocycles. The van der Waals surface area contributed by atoms with Gasteiger partial charge in [0.25, 0.3) is 0 Å². The minimum absolute atomic E-state index is 0.191. The summed E-state index contributed by atoms with van der Waals surface area (Å²) in [7, 11) is 0. The van der Waals surface area contributed by atoms with Gasteiger partial charge >= 0.3 is 6.18 Å². The van der Waals surface area contributed by atoms with E-state index in [0.29, 0.717) is 5.56 Å². The van der Waals surface area contributed by atoms with Crippen molar-refractivity contribution in [2.45, 2.75) is 25.1 Å². The van der Waals surface area contributed by atoms with Crippen molar-refractivity contribution in [3.63, 3.8) is 0 Å². The maximum atomic E-state index is 12.5. The Balaban J connectivity index is 2.42. The number of hydrogen-bond acceptors (Lipinski definition) is 3. The zero-order chi connectivity index (χ0) is 12.6. The number of alkyl halides is 3. The lowest BCUT2D eigenvalue weighted by atomic mass is 10.0. The van der Waals surface area contributed by atoms with E-state index < -0.39 is 23.2 Å². The summed E-state index contributed by atoms with van der Waals surface area (Å²) in [5, 5.41) is 22.0. The van der Waals surface area contributed by atoms with Crippen molar-refractivity contribution in [3.8, 4) is 11.5 Å². The van der Waals surface area contributed by atoms with Crippen molar-refractivity contribution >= 4 is 0 Å². The lowest BCUT2D eigenvalue weighted by molar-refractivity contribution is -0.138. The third kappa shape index (κ3) is 2.17. The Morgan fingerprint density at radius 1 is 1.18 bits per heavy atom. The quantitative estimate of drug-likeness (QED) is 0.668. The second-order valence-electron chi connectivity index (χ2n) is 4.05. The largest absolute Gasteiger partial charge is 0.504 e. The molecule has 1 saturated heterocycles. The molecule has 6 heteroatoms. The molecule has 1 unspecified atom stereocenters. The SMILES string of the molecule is Oc1c(C2CCCN2)ccc(C(F)(F)F)c1O. The summed E-state index contributed by atoms with van der Waals surface area (Å²) in [6.45, 7) is 0.756. The van der Waals surface area contributed by atoms with E-state index in [1.165, 1.54) is 6.07 Å². The number of phenols is 2. The molecule has 2 rings (SSSR count). The van der Waals surface area contributed by atoms with Crippen molar-refractivity contribution in [2.75, 3.05) is 6.54 Å². The van der Waals surface area contributed by atoms with Gasteiger partial charge in [0.1, 0.15) is 5.56 Å². The van der Waals surface area contributed by atoms with Gasteiger partial charge in [-0.05, 0) is 25.5 Å². The lowest BCUT2D eigenvalue weighted by Crippen LogP contribution is -2.14. The number of halogens is 3. The Morgan fingerprint density at radius 2 is 1.88 bits per heavy atom. The second-order valence-corrected chi connectivity index (χ2v) is 4.05.